The lowest BCUT2D eigenvalue weighted by Crippen LogP contribution is -2.62. The summed E-state index contributed by atoms with van der Waals surface area (Å²) in [6.45, 7) is 22.7. The van der Waals surface area contributed by atoms with E-state index in [4.69, 9.17) is 0 Å². The highest BCUT2D eigenvalue weighted by Crippen LogP contribution is 2.14. The molecule has 0 rings (SSSR count). The van der Waals surface area contributed by atoms with Crippen molar-refractivity contribution in [3.8, 4) is 0 Å². The van der Waals surface area contributed by atoms with Gasteiger partial charge in [-0.2, -0.15) is 0 Å². The van der Waals surface area contributed by atoms with Crippen molar-refractivity contribution in [3.05, 3.63) is 0 Å². The third kappa shape index (κ3) is 25.4. The molecular formula is C51H93N11O12. The van der Waals surface area contributed by atoms with E-state index in [1.807, 2.05) is 20.8 Å². The Bertz CT molecular complexity index is 1910. The first kappa shape index (κ1) is 68.1. The average Bonchev–Trinajstić information content (AvgIpc) is 3.31. The maximum Gasteiger partial charge on any atom is 0.245 e. The van der Waals surface area contributed by atoms with Crippen LogP contribution in [0.3, 0.4) is 0 Å². The first-order chi connectivity index (χ1) is 34.3. The molecule has 11 amide bonds. The fraction of sp³-hybridized carbons (Fsp3) is 0.784. The number of carbonyl (C=O) groups excluding carboxylic acids is 11. The summed E-state index contributed by atoms with van der Waals surface area (Å²) in [7, 11) is 0. The van der Waals surface area contributed by atoms with Gasteiger partial charge >= 0.3 is 0 Å². The molecule has 0 aromatic rings. The van der Waals surface area contributed by atoms with E-state index in [1.54, 1.807) is 48.5 Å². The highest BCUT2D eigenvalue weighted by molar-refractivity contribution is 5.99. The second kappa shape index (κ2) is 33.1. The first-order valence-corrected chi connectivity index (χ1v) is 26.2. The van der Waals surface area contributed by atoms with Gasteiger partial charge in [0.15, 0.2) is 0 Å². The summed E-state index contributed by atoms with van der Waals surface area (Å²) in [6.07, 6.45) is 6.44. The van der Waals surface area contributed by atoms with Gasteiger partial charge in [0.25, 0.3) is 0 Å². The molecule has 0 radical (unpaired) electrons. The molecule has 12 N–H and O–H groups in total. The zero-order valence-corrected chi connectivity index (χ0v) is 47.0. The molecule has 0 bridgehead atoms. The molecule has 74 heavy (non-hydrogen) atoms. The zero-order chi connectivity index (χ0) is 57.1. The Labute approximate surface area is 439 Å². The topological polar surface area (TPSA) is 340 Å². The van der Waals surface area contributed by atoms with Crippen molar-refractivity contribution in [3.63, 3.8) is 0 Å². The zero-order valence-electron chi connectivity index (χ0n) is 47.0. The highest BCUT2D eigenvalue weighted by atomic mass is 16.3. The Morgan fingerprint density at radius 2 is 0.878 bits per heavy atom. The van der Waals surface area contributed by atoms with Crippen LogP contribution in [0.5, 0.6) is 0 Å². The molecular weight excluding hydrogens is 959 g/mol. The smallest absolute Gasteiger partial charge is 0.245 e. The molecule has 0 aliphatic heterocycles. The normalized spacial score (nSPS) is 14.4. The number of aliphatic hydroxyl groups excluding tert-OH is 1. The summed E-state index contributed by atoms with van der Waals surface area (Å²) >= 11 is 0. The minimum absolute atomic E-state index is 0.205. The van der Waals surface area contributed by atoms with E-state index in [2.05, 4.69) is 65.4 Å². The monoisotopic (exact) mass is 1050 g/mol. The van der Waals surface area contributed by atoms with Gasteiger partial charge in [0.05, 0.1) is 38.8 Å². The van der Waals surface area contributed by atoms with E-state index in [1.165, 1.54) is 27.7 Å². The minimum atomic E-state index is -1.60. The molecule has 0 fully saturated rings. The van der Waals surface area contributed by atoms with E-state index in [-0.39, 0.29) is 37.2 Å². The van der Waals surface area contributed by atoms with Gasteiger partial charge in [-0.3, -0.25) is 52.7 Å². The van der Waals surface area contributed by atoms with Crippen molar-refractivity contribution in [1.29, 1.82) is 0 Å². The number of hydrogen-bond acceptors (Lipinski definition) is 12. The summed E-state index contributed by atoms with van der Waals surface area (Å²) in [6, 6.07) is -3.73. The Morgan fingerprint density at radius 3 is 1.28 bits per heavy atom. The first-order valence-electron chi connectivity index (χ1n) is 26.2. The summed E-state index contributed by atoms with van der Waals surface area (Å²) in [4.78, 5) is 144. The molecule has 0 unspecified atom stereocenters. The lowest BCUT2D eigenvalue weighted by molar-refractivity contribution is -0.136. The number of rotatable bonds is 35. The molecule has 0 aromatic heterocycles. The fourth-order valence-corrected chi connectivity index (χ4v) is 7.29. The van der Waals surface area contributed by atoms with Gasteiger partial charge in [-0.15, -0.1) is 0 Å². The molecule has 0 saturated heterocycles. The van der Waals surface area contributed by atoms with Gasteiger partial charge in [0.1, 0.15) is 34.7 Å². The molecule has 424 valence electrons. The van der Waals surface area contributed by atoms with Crippen LogP contribution in [0.2, 0.25) is 0 Å². The number of carbonyl (C=O) groups is 11. The van der Waals surface area contributed by atoms with Crippen molar-refractivity contribution in [2.75, 3.05) is 32.8 Å². The Kier molecular flexibility index (Phi) is 30.5. The molecule has 0 saturated carbocycles. The van der Waals surface area contributed by atoms with E-state index in [0.717, 1.165) is 25.7 Å². The molecule has 0 heterocycles. The van der Waals surface area contributed by atoms with Crippen LogP contribution < -0.4 is 58.5 Å². The van der Waals surface area contributed by atoms with Crippen molar-refractivity contribution < 1.29 is 57.8 Å². The van der Waals surface area contributed by atoms with Gasteiger partial charge in [-0.05, 0) is 77.6 Å². The Morgan fingerprint density at radius 1 is 0.459 bits per heavy atom. The molecule has 0 aliphatic carbocycles. The van der Waals surface area contributed by atoms with Crippen LogP contribution in [0, 0.1) is 23.7 Å². The molecule has 6 atom stereocenters. The summed E-state index contributed by atoms with van der Waals surface area (Å²) in [5, 5.41) is 37.9. The lowest BCUT2D eigenvalue weighted by Gasteiger charge is -2.30. The predicted molar refractivity (Wildman–Crippen MR) is 280 cm³/mol. The minimum Gasteiger partial charge on any atom is -0.394 e. The molecule has 23 heteroatoms. The maximum absolute atomic E-state index is 13.4. The quantitative estimate of drug-likeness (QED) is 0.0380. The number of aliphatic hydroxyl groups is 1. The number of unbranched alkanes of at least 4 members (excludes halogenated alkanes) is 4. The fourth-order valence-electron chi connectivity index (χ4n) is 7.29. The van der Waals surface area contributed by atoms with Crippen molar-refractivity contribution in [2.45, 2.75) is 202 Å². The number of hydrogen-bond donors (Lipinski definition) is 12. The van der Waals surface area contributed by atoms with Gasteiger partial charge in [-0.1, -0.05) is 101 Å². The largest absolute Gasteiger partial charge is 0.394 e. The van der Waals surface area contributed by atoms with Gasteiger partial charge in [0.2, 0.25) is 65.0 Å². The average molecular weight is 1050 g/mol. The summed E-state index contributed by atoms with van der Waals surface area (Å²) in [5.41, 5.74) is -4.44. The number of amides is 11. The predicted octanol–water partition coefficient (Wildman–Crippen LogP) is 0.222. The van der Waals surface area contributed by atoms with Crippen LogP contribution in [0.1, 0.15) is 162 Å². The standard InChI is InChI=1S/C51H93N11O12/c1-16-19-20-21-22-23-35(64)60-51(15,18-3)48(74)55-28-38(67)58-41(32(8)9)45(71)61-49(11,12)46(72)53-25-36(65)52-26-37(66)57-40(31(6)7)44(70)62-50(13,14)47(73)54-27-39(68)59-42(33(10)17-2)43(69)56-34(29-63)24-30(4)5/h30-34,40-42,63H,16-29H2,1-15H3,(H,52,65)(H,53,72)(H,54,73)(H,55,74)(H,56,69)(H,57,66)(H,58,67)(H,59,68)(H,60,64)(H,61,71)(H,62,70)/t33-,34-,40-,41-,42-,51-/m0/s1. The second-order valence-corrected chi connectivity index (χ2v) is 21.5. The lowest BCUT2D eigenvalue weighted by atomic mass is 9.97. The third-order valence-corrected chi connectivity index (χ3v) is 12.5. The molecule has 23 nitrogen and oxygen atoms in total. The van der Waals surface area contributed by atoms with Crippen LogP contribution in [-0.4, -0.2) is 144 Å². The number of nitrogens with one attached hydrogen (secondary N) is 11. The summed E-state index contributed by atoms with van der Waals surface area (Å²) < 4.78 is 0. The highest BCUT2D eigenvalue weighted by Gasteiger charge is 2.37. The van der Waals surface area contributed by atoms with Gasteiger partial charge < -0.3 is 63.6 Å². The van der Waals surface area contributed by atoms with Crippen LogP contribution in [0.4, 0.5) is 0 Å². The maximum atomic E-state index is 13.4. The second-order valence-electron chi connectivity index (χ2n) is 21.5. The van der Waals surface area contributed by atoms with Crippen LogP contribution in [0.25, 0.3) is 0 Å². The van der Waals surface area contributed by atoms with E-state index >= 15 is 0 Å². The summed E-state index contributed by atoms with van der Waals surface area (Å²) in [5.74, 6) is -8.17. The molecule has 0 spiro atoms. The van der Waals surface area contributed by atoms with E-state index in [9.17, 15) is 57.8 Å². The van der Waals surface area contributed by atoms with Gasteiger partial charge in [-0.25, -0.2) is 0 Å². The third-order valence-electron chi connectivity index (χ3n) is 12.5. The van der Waals surface area contributed by atoms with E-state index < -0.39 is 138 Å². The molecule has 0 aliphatic rings. The van der Waals surface area contributed by atoms with E-state index in [0.29, 0.717) is 19.3 Å². The van der Waals surface area contributed by atoms with Crippen molar-refractivity contribution in [2.24, 2.45) is 23.7 Å². The van der Waals surface area contributed by atoms with Gasteiger partial charge in [0, 0.05) is 6.42 Å². The van der Waals surface area contributed by atoms with Crippen molar-refractivity contribution in [1.82, 2.24) is 58.5 Å². The van der Waals surface area contributed by atoms with Crippen LogP contribution in [0.15, 0.2) is 0 Å². The van der Waals surface area contributed by atoms with Crippen LogP contribution >= 0.6 is 0 Å². The van der Waals surface area contributed by atoms with Crippen LogP contribution in [-0.2, 0) is 52.7 Å². The Hall–Kier alpha value is -5.87. The Balaban J connectivity index is 5.27. The SMILES string of the molecule is CCCCCCCC(=O)N[C@@](C)(CC)C(=O)NCC(=O)N[C@H](C(=O)NC(C)(C)C(=O)NCC(=O)NCC(=O)N[C@H](C(=O)NC(C)(C)C(=O)NCC(=O)N[C@H](C(=O)N[C@H](CO)CC(C)C)[C@@H](C)CC)C(C)C)C(C)C. The van der Waals surface area contributed by atoms with Crippen molar-refractivity contribution >= 4 is 65.0 Å². The molecule has 0 aromatic carbocycles.